The maximum absolute atomic E-state index is 13.9. The molecule has 2 aromatic rings. The van der Waals surface area contributed by atoms with Gasteiger partial charge in [-0.3, -0.25) is 4.99 Å². The van der Waals surface area contributed by atoms with Gasteiger partial charge in [-0.1, -0.05) is 22.0 Å². The number of anilines is 1. The maximum atomic E-state index is 13.9. The van der Waals surface area contributed by atoms with Gasteiger partial charge in [0.05, 0.1) is 0 Å². The van der Waals surface area contributed by atoms with Gasteiger partial charge in [0, 0.05) is 56.1 Å². The summed E-state index contributed by atoms with van der Waals surface area (Å²) in [6, 6.07) is 7.05. The van der Waals surface area contributed by atoms with E-state index in [4.69, 9.17) is 4.99 Å². The molecule has 1 fully saturated rings. The van der Waals surface area contributed by atoms with Gasteiger partial charge in [0.25, 0.3) is 0 Å². The first-order valence-corrected chi connectivity index (χ1v) is 10.5. The third-order valence-corrected chi connectivity index (χ3v) is 5.12. The number of nitrogens with zero attached hydrogens (tertiary/aromatic N) is 5. The van der Waals surface area contributed by atoms with Crippen molar-refractivity contribution < 1.29 is 4.39 Å². The van der Waals surface area contributed by atoms with E-state index in [0.29, 0.717) is 13.0 Å². The second-order valence-electron chi connectivity index (χ2n) is 6.60. The zero-order valence-electron chi connectivity index (χ0n) is 16.5. The predicted molar refractivity (Wildman–Crippen MR) is 130 cm³/mol. The number of aromatic nitrogens is 2. The lowest BCUT2D eigenvalue weighted by Crippen LogP contribution is -2.53. The molecule has 1 aliphatic rings. The van der Waals surface area contributed by atoms with E-state index in [9.17, 15) is 4.39 Å². The average Bonchev–Trinajstić information content (AvgIpc) is 2.72. The van der Waals surface area contributed by atoms with Crippen molar-refractivity contribution in [3.8, 4) is 0 Å². The van der Waals surface area contributed by atoms with Gasteiger partial charge < -0.3 is 15.1 Å². The Morgan fingerprint density at radius 2 is 1.93 bits per heavy atom. The van der Waals surface area contributed by atoms with E-state index in [1.54, 1.807) is 12.4 Å². The Balaban J connectivity index is 0.00000300. The van der Waals surface area contributed by atoms with Crippen LogP contribution in [0.4, 0.5) is 10.3 Å². The number of hydrogen-bond acceptors (Lipinski definition) is 4. The zero-order valence-corrected chi connectivity index (χ0v) is 20.4. The van der Waals surface area contributed by atoms with Gasteiger partial charge in [0.15, 0.2) is 5.96 Å². The van der Waals surface area contributed by atoms with Crippen LogP contribution in [-0.2, 0) is 6.42 Å². The maximum Gasteiger partial charge on any atom is 0.225 e. The molecule has 1 aromatic heterocycles. The van der Waals surface area contributed by atoms with Crippen molar-refractivity contribution in [2.24, 2.45) is 4.99 Å². The molecule has 0 spiro atoms. The Kier molecular flexibility index (Phi) is 10.1. The summed E-state index contributed by atoms with van der Waals surface area (Å²) in [6.07, 6.45) is 5.04. The second-order valence-corrected chi connectivity index (χ2v) is 7.51. The van der Waals surface area contributed by atoms with E-state index in [1.165, 1.54) is 6.07 Å². The van der Waals surface area contributed by atoms with Crippen molar-refractivity contribution in [3.63, 3.8) is 0 Å². The lowest BCUT2D eigenvalue weighted by molar-refractivity contribution is 0.370. The molecule has 0 amide bonds. The second kappa shape index (κ2) is 12.3. The SMILES string of the molecule is CCNC(=NCCCc1ccc(Br)cc1F)N1CCN(c2ncccn2)CC1.I. The van der Waals surface area contributed by atoms with Crippen molar-refractivity contribution in [1.82, 2.24) is 20.2 Å². The van der Waals surface area contributed by atoms with Gasteiger partial charge in [-0.15, -0.1) is 24.0 Å². The van der Waals surface area contributed by atoms with Crippen LogP contribution in [0.25, 0.3) is 0 Å². The number of guanidine groups is 1. The van der Waals surface area contributed by atoms with Crippen LogP contribution in [-0.4, -0.2) is 60.1 Å². The number of nitrogens with one attached hydrogen (secondary N) is 1. The molecule has 0 unspecified atom stereocenters. The first-order chi connectivity index (χ1) is 13.7. The molecule has 1 N–H and O–H groups in total. The van der Waals surface area contributed by atoms with E-state index in [1.807, 2.05) is 18.2 Å². The van der Waals surface area contributed by atoms with Crippen LogP contribution in [0.1, 0.15) is 18.9 Å². The van der Waals surface area contributed by atoms with Gasteiger partial charge in [-0.25, -0.2) is 14.4 Å². The number of hydrogen-bond donors (Lipinski definition) is 1. The molecule has 0 aliphatic carbocycles. The van der Waals surface area contributed by atoms with Gasteiger partial charge in [0.2, 0.25) is 5.95 Å². The van der Waals surface area contributed by atoms with Crippen molar-refractivity contribution >= 4 is 51.8 Å². The first-order valence-electron chi connectivity index (χ1n) is 9.66. The van der Waals surface area contributed by atoms with Gasteiger partial charge in [-0.2, -0.15) is 0 Å². The highest BCUT2D eigenvalue weighted by Crippen LogP contribution is 2.16. The van der Waals surface area contributed by atoms with Gasteiger partial charge in [0.1, 0.15) is 5.82 Å². The summed E-state index contributed by atoms with van der Waals surface area (Å²) < 4.78 is 14.7. The molecule has 6 nitrogen and oxygen atoms in total. The van der Waals surface area contributed by atoms with E-state index in [2.05, 4.69) is 47.9 Å². The van der Waals surface area contributed by atoms with Gasteiger partial charge in [-0.05, 0) is 43.5 Å². The van der Waals surface area contributed by atoms with Crippen LogP contribution >= 0.6 is 39.9 Å². The Hall–Kier alpha value is -1.49. The highest BCUT2D eigenvalue weighted by molar-refractivity contribution is 14.0. The molecule has 1 aromatic carbocycles. The smallest absolute Gasteiger partial charge is 0.225 e. The summed E-state index contributed by atoms with van der Waals surface area (Å²) in [7, 11) is 0. The molecule has 3 rings (SSSR count). The van der Waals surface area contributed by atoms with E-state index >= 15 is 0 Å². The van der Waals surface area contributed by atoms with Crippen molar-refractivity contribution in [2.75, 3.05) is 44.2 Å². The highest BCUT2D eigenvalue weighted by Gasteiger charge is 2.20. The molecular formula is C20H27BrFIN6. The minimum Gasteiger partial charge on any atom is -0.357 e. The number of benzene rings is 1. The summed E-state index contributed by atoms with van der Waals surface area (Å²) in [5, 5.41) is 3.37. The lowest BCUT2D eigenvalue weighted by Gasteiger charge is -2.36. The highest BCUT2D eigenvalue weighted by atomic mass is 127. The molecule has 9 heteroatoms. The summed E-state index contributed by atoms with van der Waals surface area (Å²) >= 11 is 3.29. The van der Waals surface area contributed by atoms with E-state index in [0.717, 1.165) is 61.1 Å². The molecule has 2 heterocycles. The van der Waals surface area contributed by atoms with E-state index in [-0.39, 0.29) is 29.8 Å². The fourth-order valence-electron chi connectivity index (χ4n) is 3.18. The van der Waals surface area contributed by atoms with Crippen molar-refractivity contribution in [3.05, 3.63) is 52.5 Å². The monoisotopic (exact) mass is 576 g/mol. The topological polar surface area (TPSA) is 56.7 Å². The Labute approximate surface area is 197 Å². The molecule has 0 bridgehead atoms. The first kappa shape index (κ1) is 23.8. The zero-order chi connectivity index (χ0) is 19.8. The predicted octanol–water partition coefficient (Wildman–Crippen LogP) is 3.72. The third-order valence-electron chi connectivity index (χ3n) is 4.63. The minimum absolute atomic E-state index is 0. The van der Waals surface area contributed by atoms with Crippen LogP contribution in [0, 0.1) is 5.82 Å². The number of rotatable bonds is 6. The molecule has 158 valence electrons. The molecule has 1 saturated heterocycles. The number of aryl methyl sites for hydroxylation is 1. The largest absolute Gasteiger partial charge is 0.357 e. The third kappa shape index (κ3) is 7.06. The molecule has 29 heavy (non-hydrogen) atoms. The number of halogens is 3. The lowest BCUT2D eigenvalue weighted by atomic mass is 10.1. The minimum atomic E-state index is -0.162. The quantitative estimate of drug-likeness (QED) is 0.246. The van der Waals surface area contributed by atoms with Crippen LogP contribution in [0.2, 0.25) is 0 Å². The Morgan fingerprint density at radius 3 is 2.59 bits per heavy atom. The van der Waals surface area contributed by atoms with Crippen LogP contribution < -0.4 is 10.2 Å². The van der Waals surface area contributed by atoms with Crippen LogP contribution in [0.15, 0.2) is 46.1 Å². The number of aliphatic imine (C=N–C) groups is 1. The number of piperazine rings is 1. The molecule has 0 atom stereocenters. The van der Waals surface area contributed by atoms with Crippen molar-refractivity contribution in [1.29, 1.82) is 0 Å². The summed E-state index contributed by atoms with van der Waals surface area (Å²) in [5.41, 5.74) is 0.736. The molecule has 0 saturated carbocycles. The van der Waals surface area contributed by atoms with Gasteiger partial charge >= 0.3 is 0 Å². The molecule has 1 aliphatic heterocycles. The summed E-state index contributed by atoms with van der Waals surface area (Å²) in [4.78, 5) is 17.9. The fourth-order valence-corrected chi connectivity index (χ4v) is 3.51. The Bertz CT molecular complexity index is 784. The van der Waals surface area contributed by atoms with Crippen molar-refractivity contribution in [2.45, 2.75) is 19.8 Å². The summed E-state index contributed by atoms with van der Waals surface area (Å²) in [5.74, 6) is 1.54. The van der Waals surface area contributed by atoms with Crippen LogP contribution in [0.5, 0.6) is 0 Å². The molecular weight excluding hydrogens is 550 g/mol. The average molecular weight is 577 g/mol. The van der Waals surface area contributed by atoms with Crippen LogP contribution in [0.3, 0.4) is 0 Å². The Morgan fingerprint density at radius 1 is 1.21 bits per heavy atom. The normalized spacial score (nSPS) is 14.5. The standard InChI is InChI=1S/C20H26BrFN6.HI/c1-2-23-19(24-8-3-5-16-6-7-17(21)15-18(16)22)27-11-13-28(14-12-27)20-25-9-4-10-26-20;/h4,6-7,9-10,15H,2-3,5,8,11-14H2,1H3,(H,23,24);1H. The fraction of sp³-hybridized carbons (Fsp3) is 0.450. The van der Waals surface area contributed by atoms with E-state index < -0.39 is 0 Å². The summed E-state index contributed by atoms with van der Waals surface area (Å²) in [6.45, 7) is 7.01. The molecule has 0 radical (unpaired) electrons.